The zero-order valence-corrected chi connectivity index (χ0v) is 18.4. The van der Waals surface area contributed by atoms with Gasteiger partial charge in [0.1, 0.15) is 0 Å². The number of hydrogen-bond donors (Lipinski definition) is 1. The highest BCUT2D eigenvalue weighted by atomic mass is 79.9. The van der Waals surface area contributed by atoms with Crippen molar-refractivity contribution in [2.45, 2.75) is 0 Å². The predicted molar refractivity (Wildman–Crippen MR) is 119 cm³/mol. The maximum Gasteiger partial charge on any atom is 0.338 e. The van der Waals surface area contributed by atoms with E-state index in [9.17, 15) is 18.0 Å². The van der Waals surface area contributed by atoms with Crippen molar-refractivity contribution in [3.05, 3.63) is 88.4 Å². The third-order valence-electron chi connectivity index (χ3n) is 4.12. The molecule has 3 aromatic carbocycles. The molecule has 0 atom stereocenters. The van der Waals surface area contributed by atoms with E-state index in [1.807, 2.05) is 36.4 Å². The fraction of sp³-hybridized carbons (Fsp3) is 0.0909. The van der Waals surface area contributed by atoms with E-state index < -0.39 is 22.6 Å². The molecule has 154 valence electrons. The molecule has 0 aliphatic rings. The molecule has 0 aliphatic heterocycles. The lowest BCUT2D eigenvalue weighted by molar-refractivity contribution is 0.0475. The lowest BCUT2D eigenvalue weighted by Gasteiger charge is -2.08. The van der Waals surface area contributed by atoms with E-state index in [-0.39, 0.29) is 17.0 Å². The van der Waals surface area contributed by atoms with Gasteiger partial charge in [-0.05, 0) is 41.5 Å². The molecule has 30 heavy (non-hydrogen) atoms. The number of nitrogens with one attached hydrogen (secondary N) is 1. The average molecular weight is 488 g/mol. The molecular weight excluding hydrogens is 470 g/mol. The van der Waals surface area contributed by atoms with E-state index in [4.69, 9.17) is 4.74 Å². The number of carbonyl (C=O) groups is 2. The minimum absolute atomic E-state index is 0.141. The van der Waals surface area contributed by atoms with E-state index in [1.165, 1.54) is 24.3 Å². The Bertz CT molecular complexity index is 1170. The fourth-order valence-electron chi connectivity index (χ4n) is 2.71. The number of sulfonamides is 1. The molecule has 0 unspecified atom stereocenters. The molecule has 0 spiro atoms. The van der Waals surface area contributed by atoms with Crippen LogP contribution in [-0.2, 0) is 14.8 Å². The summed E-state index contributed by atoms with van der Waals surface area (Å²) in [5, 5.41) is 0. The number of hydrogen-bond acceptors (Lipinski definition) is 5. The number of ether oxygens (including phenoxy) is 1. The number of rotatable bonds is 7. The third kappa shape index (κ3) is 6.01. The Morgan fingerprint density at radius 1 is 0.900 bits per heavy atom. The number of ketones is 1. The maximum absolute atomic E-state index is 12.4. The summed E-state index contributed by atoms with van der Waals surface area (Å²) in [6.45, 7) is -0.416. The van der Waals surface area contributed by atoms with Gasteiger partial charge >= 0.3 is 5.97 Å². The Kier molecular flexibility index (Phi) is 6.69. The SMILES string of the molecule is CS(=O)(=O)Nc1cccc(C(=O)OCC(=O)c2ccc(-c3ccc(Br)cc3)cc2)c1. The first-order valence-electron chi connectivity index (χ1n) is 8.85. The van der Waals surface area contributed by atoms with Crippen LogP contribution < -0.4 is 4.72 Å². The molecule has 0 fully saturated rings. The molecule has 8 heteroatoms. The summed E-state index contributed by atoms with van der Waals surface area (Å²) in [5.41, 5.74) is 2.79. The molecule has 0 bridgehead atoms. The second-order valence-corrected chi connectivity index (χ2v) is 9.20. The van der Waals surface area contributed by atoms with Gasteiger partial charge in [0.15, 0.2) is 12.4 Å². The van der Waals surface area contributed by atoms with Gasteiger partial charge in [0.25, 0.3) is 0 Å². The van der Waals surface area contributed by atoms with Crippen LogP contribution in [-0.4, -0.2) is 33.0 Å². The van der Waals surface area contributed by atoms with Crippen molar-refractivity contribution in [2.24, 2.45) is 0 Å². The van der Waals surface area contributed by atoms with Crippen LogP contribution in [0.2, 0.25) is 0 Å². The number of anilines is 1. The van der Waals surface area contributed by atoms with Gasteiger partial charge in [-0.25, -0.2) is 13.2 Å². The van der Waals surface area contributed by atoms with E-state index in [0.29, 0.717) is 5.56 Å². The van der Waals surface area contributed by atoms with Gasteiger partial charge in [-0.1, -0.05) is 58.4 Å². The Labute approximate surface area is 183 Å². The molecule has 0 saturated heterocycles. The molecule has 0 radical (unpaired) electrons. The van der Waals surface area contributed by atoms with Crippen molar-refractivity contribution in [3.63, 3.8) is 0 Å². The van der Waals surface area contributed by atoms with Gasteiger partial charge in [0.05, 0.1) is 11.8 Å². The van der Waals surface area contributed by atoms with Gasteiger partial charge in [-0.15, -0.1) is 0 Å². The van der Waals surface area contributed by atoms with Crippen LogP contribution in [0, 0.1) is 0 Å². The lowest BCUT2D eigenvalue weighted by Crippen LogP contribution is -2.15. The van der Waals surface area contributed by atoms with Crippen molar-refractivity contribution in [3.8, 4) is 11.1 Å². The predicted octanol–water partition coefficient (Wildman–Crippen LogP) is 4.53. The molecule has 6 nitrogen and oxygen atoms in total. The van der Waals surface area contributed by atoms with Gasteiger partial charge < -0.3 is 4.74 Å². The number of Topliss-reactive ketones (excluding diaryl/α,β-unsaturated/α-hetero) is 1. The maximum atomic E-state index is 12.4. The fourth-order valence-corrected chi connectivity index (χ4v) is 3.53. The number of benzene rings is 3. The average Bonchev–Trinajstić information content (AvgIpc) is 2.71. The molecule has 3 aromatic rings. The van der Waals surface area contributed by atoms with Crippen LogP contribution in [0.25, 0.3) is 11.1 Å². The van der Waals surface area contributed by atoms with E-state index >= 15 is 0 Å². The van der Waals surface area contributed by atoms with Crippen molar-refractivity contribution in [2.75, 3.05) is 17.6 Å². The third-order valence-corrected chi connectivity index (χ3v) is 5.26. The van der Waals surface area contributed by atoms with Crippen LogP contribution in [0.5, 0.6) is 0 Å². The molecule has 3 rings (SSSR count). The molecule has 1 N–H and O–H groups in total. The normalized spacial score (nSPS) is 11.0. The quantitative estimate of drug-likeness (QED) is 0.390. The standard InChI is InChI=1S/C22H18BrNO5S/c1-30(27,28)24-20-4-2-3-18(13-20)22(26)29-14-21(25)17-7-5-15(6-8-17)16-9-11-19(23)12-10-16/h2-13,24H,14H2,1H3. The number of halogens is 1. The van der Waals surface area contributed by atoms with Gasteiger partial charge in [0.2, 0.25) is 10.0 Å². The first kappa shape index (κ1) is 21.7. The van der Waals surface area contributed by atoms with Crippen LogP contribution in [0.3, 0.4) is 0 Å². The van der Waals surface area contributed by atoms with E-state index in [0.717, 1.165) is 21.9 Å². The van der Waals surface area contributed by atoms with E-state index in [2.05, 4.69) is 20.7 Å². The molecule has 0 amide bonds. The highest BCUT2D eigenvalue weighted by molar-refractivity contribution is 9.10. The van der Waals surface area contributed by atoms with Crippen LogP contribution in [0.1, 0.15) is 20.7 Å². The highest BCUT2D eigenvalue weighted by Gasteiger charge is 2.13. The summed E-state index contributed by atoms with van der Waals surface area (Å²) in [5.74, 6) is -1.05. The molecule has 0 heterocycles. The van der Waals surface area contributed by atoms with E-state index in [1.54, 1.807) is 12.1 Å². The summed E-state index contributed by atoms with van der Waals surface area (Å²) < 4.78 is 31.0. The smallest absolute Gasteiger partial charge is 0.338 e. The molecule has 0 saturated carbocycles. The van der Waals surface area contributed by atoms with Crippen molar-refractivity contribution in [1.29, 1.82) is 0 Å². The summed E-state index contributed by atoms with van der Waals surface area (Å²) in [6, 6.07) is 20.7. The Hall–Kier alpha value is -2.97. The second kappa shape index (κ2) is 9.23. The van der Waals surface area contributed by atoms with Gasteiger partial charge in [-0.2, -0.15) is 0 Å². The molecule has 0 aromatic heterocycles. The summed E-state index contributed by atoms with van der Waals surface area (Å²) in [7, 11) is -3.47. The van der Waals surface area contributed by atoms with Gasteiger partial charge in [-0.3, -0.25) is 9.52 Å². The highest BCUT2D eigenvalue weighted by Crippen LogP contribution is 2.22. The first-order valence-corrected chi connectivity index (χ1v) is 11.5. The largest absolute Gasteiger partial charge is 0.454 e. The number of carbonyl (C=O) groups excluding carboxylic acids is 2. The lowest BCUT2D eigenvalue weighted by atomic mass is 10.0. The zero-order valence-electron chi connectivity index (χ0n) is 16.0. The van der Waals surface area contributed by atoms with Gasteiger partial charge in [0, 0.05) is 15.7 Å². The van der Waals surface area contributed by atoms with Crippen LogP contribution in [0.15, 0.2) is 77.3 Å². The molecule has 0 aliphatic carbocycles. The Morgan fingerprint density at radius 3 is 2.10 bits per heavy atom. The monoisotopic (exact) mass is 487 g/mol. The molecular formula is C22H18BrNO5S. The second-order valence-electron chi connectivity index (χ2n) is 6.54. The van der Waals surface area contributed by atoms with Crippen molar-refractivity contribution in [1.82, 2.24) is 0 Å². The minimum atomic E-state index is -3.47. The van der Waals surface area contributed by atoms with Crippen molar-refractivity contribution >= 4 is 43.4 Å². The minimum Gasteiger partial charge on any atom is -0.454 e. The topological polar surface area (TPSA) is 89.5 Å². The summed E-state index contributed by atoms with van der Waals surface area (Å²) in [4.78, 5) is 24.6. The Balaban J connectivity index is 1.62. The van der Waals surface area contributed by atoms with Crippen LogP contribution in [0.4, 0.5) is 5.69 Å². The summed E-state index contributed by atoms with van der Waals surface area (Å²) >= 11 is 3.39. The summed E-state index contributed by atoms with van der Waals surface area (Å²) in [6.07, 6.45) is 1.01. The zero-order chi connectivity index (χ0) is 21.7. The first-order chi connectivity index (χ1) is 14.2. The van der Waals surface area contributed by atoms with Crippen LogP contribution >= 0.6 is 15.9 Å². The van der Waals surface area contributed by atoms with Crippen molar-refractivity contribution < 1.29 is 22.7 Å². The Morgan fingerprint density at radius 2 is 1.50 bits per heavy atom. The number of esters is 1.